The summed E-state index contributed by atoms with van der Waals surface area (Å²) in [5.41, 5.74) is 0.688. The molecule has 1 aliphatic carbocycles. The van der Waals surface area contributed by atoms with Crippen molar-refractivity contribution in [3.05, 3.63) is 18.2 Å². The van der Waals surface area contributed by atoms with E-state index in [9.17, 15) is 9.59 Å². The van der Waals surface area contributed by atoms with Gasteiger partial charge in [-0.05, 0) is 49.6 Å². The predicted molar refractivity (Wildman–Crippen MR) is 140 cm³/mol. The second-order valence-corrected chi connectivity index (χ2v) is 9.77. The lowest BCUT2D eigenvalue weighted by Gasteiger charge is -2.31. The number of benzene rings is 1. The summed E-state index contributed by atoms with van der Waals surface area (Å²) in [4.78, 5) is 31.7. The van der Waals surface area contributed by atoms with E-state index in [1.54, 1.807) is 44.2 Å². The van der Waals surface area contributed by atoms with Gasteiger partial charge in [-0.2, -0.15) is 4.80 Å². The molecule has 4 rings (SSSR count). The maximum atomic E-state index is 13.5. The average molecular weight is 530 g/mol. The third-order valence-electron chi connectivity index (χ3n) is 7.22. The van der Waals surface area contributed by atoms with Crippen LogP contribution in [0.1, 0.15) is 39.0 Å². The van der Waals surface area contributed by atoms with Crippen LogP contribution in [-0.2, 0) is 20.9 Å². The van der Waals surface area contributed by atoms with Gasteiger partial charge >= 0.3 is 0 Å². The lowest BCUT2D eigenvalue weighted by Crippen LogP contribution is -2.51. The van der Waals surface area contributed by atoms with E-state index in [1.165, 1.54) is 4.80 Å². The van der Waals surface area contributed by atoms with Gasteiger partial charge in [-0.25, -0.2) is 0 Å². The van der Waals surface area contributed by atoms with Crippen LogP contribution in [0.2, 0.25) is 0 Å². The van der Waals surface area contributed by atoms with Crippen molar-refractivity contribution in [2.24, 2.45) is 0 Å². The van der Waals surface area contributed by atoms with Crippen LogP contribution in [0, 0.1) is 0 Å². The Bertz CT molecular complexity index is 1070. The third-order valence-corrected chi connectivity index (χ3v) is 7.22. The minimum Gasteiger partial charge on any atom is -0.493 e. The molecule has 1 saturated carbocycles. The van der Waals surface area contributed by atoms with Crippen molar-refractivity contribution in [3.8, 4) is 22.9 Å². The highest BCUT2D eigenvalue weighted by Crippen LogP contribution is 2.30. The highest BCUT2D eigenvalue weighted by atomic mass is 16.5. The van der Waals surface area contributed by atoms with Crippen molar-refractivity contribution in [1.82, 2.24) is 35.3 Å². The molecule has 1 N–H and O–H groups in total. The number of morpholine rings is 1. The van der Waals surface area contributed by atoms with Crippen LogP contribution >= 0.6 is 0 Å². The van der Waals surface area contributed by atoms with Crippen molar-refractivity contribution in [3.63, 3.8) is 0 Å². The van der Waals surface area contributed by atoms with Crippen molar-refractivity contribution in [1.29, 1.82) is 0 Å². The van der Waals surface area contributed by atoms with Crippen LogP contribution in [0.25, 0.3) is 11.4 Å². The summed E-state index contributed by atoms with van der Waals surface area (Å²) < 4.78 is 16.1. The fourth-order valence-corrected chi connectivity index (χ4v) is 4.97. The standard InChI is InChI=1S/C26H39N7O5/c1-19(26(35)27-21-7-4-5-8-21)32(12-6-11-31-13-15-38-16-14-31)24(34)18-33-29-25(28-30-33)20-9-10-22(36-2)23(17-20)37-3/h9-10,17,19,21H,4-8,11-16,18H2,1-3H3,(H,27,35)/t19-/m0/s1. The Balaban J connectivity index is 1.42. The number of nitrogens with one attached hydrogen (secondary N) is 1. The van der Waals surface area contributed by atoms with Crippen LogP contribution in [0.5, 0.6) is 11.5 Å². The highest BCUT2D eigenvalue weighted by molar-refractivity contribution is 5.87. The van der Waals surface area contributed by atoms with Crippen LogP contribution in [0.3, 0.4) is 0 Å². The number of nitrogens with zero attached hydrogens (tertiary/aromatic N) is 6. The van der Waals surface area contributed by atoms with Gasteiger partial charge in [0.05, 0.1) is 27.4 Å². The first-order chi connectivity index (χ1) is 18.5. The van der Waals surface area contributed by atoms with E-state index in [2.05, 4.69) is 25.6 Å². The molecule has 0 radical (unpaired) electrons. The summed E-state index contributed by atoms with van der Waals surface area (Å²) in [5.74, 6) is 1.17. The second kappa shape index (κ2) is 13.5. The second-order valence-electron chi connectivity index (χ2n) is 9.77. The monoisotopic (exact) mass is 529 g/mol. The molecule has 12 nitrogen and oxygen atoms in total. The smallest absolute Gasteiger partial charge is 0.246 e. The van der Waals surface area contributed by atoms with E-state index in [0.29, 0.717) is 29.4 Å². The molecule has 2 aliphatic rings. The van der Waals surface area contributed by atoms with Crippen molar-refractivity contribution in [2.45, 2.75) is 57.7 Å². The predicted octanol–water partition coefficient (Wildman–Crippen LogP) is 1.36. The zero-order valence-corrected chi connectivity index (χ0v) is 22.6. The van der Waals surface area contributed by atoms with Gasteiger partial charge in [0.25, 0.3) is 0 Å². The molecule has 0 unspecified atom stereocenters. The summed E-state index contributed by atoms with van der Waals surface area (Å²) in [6, 6.07) is 4.92. The Morgan fingerprint density at radius 3 is 2.61 bits per heavy atom. The summed E-state index contributed by atoms with van der Waals surface area (Å²) in [6.45, 7) is 6.20. The molecular formula is C26H39N7O5. The fraction of sp³-hybridized carbons (Fsp3) is 0.654. The highest BCUT2D eigenvalue weighted by Gasteiger charge is 2.29. The fourth-order valence-electron chi connectivity index (χ4n) is 4.97. The SMILES string of the molecule is COc1ccc(-c2nnn(CC(=O)N(CCCN3CCOCC3)[C@@H](C)C(=O)NC3CCCC3)n2)cc1OC. The molecule has 2 amide bonds. The maximum absolute atomic E-state index is 13.5. The summed E-state index contributed by atoms with van der Waals surface area (Å²) in [5, 5.41) is 15.7. The number of ether oxygens (including phenoxy) is 3. The van der Waals surface area contributed by atoms with Gasteiger partial charge in [0.15, 0.2) is 11.5 Å². The van der Waals surface area contributed by atoms with Crippen molar-refractivity contribution >= 4 is 11.8 Å². The zero-order chi connectivity index (χ0) is 26.9. The molecule has 1 aliphatic heterocycles. The van der Waals surface area contributed by atoms with Gasteiger partial charge in [0, 0.05) is 37.8 Å². The quantitative estimate of drug-likeness (QED) is 0.434. The zero-order valence-electron chi connectivity index (χ0n) is 22.6. The van der Waals surface area contributed by atoms with Gasteiger partial charge in [-0.3, -0.25) is 14.5 Å². The molecule has 1 aromatic carbocycles. The van der Waals surface area contributed by atoms with E-state index in [-0.39, 0.29) is 24.4 Å². The van der Waals surface area contributed by atoms with E-state index in [1.807, 2.05) is 0 Å². The Kier molecular flexibility index (Phi) is 9.88. The summed E-state index contributed by atoms with van der Waals surface area (Å²) in [6.07, 6.45) is 4.99. The van der Waals surface area contributed by atoms with E-state index in [4.69, 9.17) is 14.2 Å². The lowest BCUT2D eigenvalue weighted by molar-refractivity contribution is -0.141. The van der Waals surface area contributed by atoms with Crippen molar-refractivity contribution < 1.29 is 23.8 Å². The van der Waals surface area contributed by atoms with Gasteiger partial charge in [0.1, 0.15) is 12.6 Å². The topological polar surface area (TPSA) is 124 Å². The third kappa shape index (κ3) is 7.19. The Labute approximate surface area is 223 Å². The number of rotatable bonds is 12. The first-order valence-corrected chi connectivity index (χ1v) is 13.4. The number of carbonyl (C=O) groups is 2. The Hall–Kier alpha value is -3.25. The van der Waals surface area contributed by atoms with E-state index < -0.39 is 6.04 Å². The number of tetrazole rings is 1. The molecule has 2 aromatic rings. The minimum absolute atomic E-state index is 0.112. The summed E-state index contributed by atoms with van der Waals surface area (Å²) >= 11 is 0. The number of methoxy groups -OCH3 is 2. The van der Waals surface area contributed by atoms with Crippen molar-refractivity contribution in [2.75, 3.05) is 53.6 Å². The molecule has 1 saturated heterocycles. The number of amides is 2. The first kappa shape index (κ1) is 27.8. The van der Waals surface area contributed by atoms with Crippen LogP contribution < -0.4 is 14.8 Å². The van der Waals surface area contributed by atoms with Crippen LogP contribution in [-0.4, -0.2) is 108 Å². The Morgan fingerprint density at radius 1 is 1.16 bits per heavy atom. The van der Waals surface area contributed by atoms with Gasteiger partial charge in [-0.15, -0.1) is 10.2 Å². The van der Waals surface area contributed by atoms with Crippen LogP contribution in [0.15, 0.2) is 18.2 Å². The molecule has 12 heteroatoms. The average Bonchev–Trinajstić information content (AvgIpc) is 3.63. The Morgan fingerprint density at radius 2 is 1.89 bits per heavy atom. The van der Waals surface area contributed by atoms with E-state index >= 15 is 0 Å². The minimum atomic E-state index is -0.596. The lowest BCUT2D eigenvalue weighted by atomic mass is 10.2. The molecule has 0 spiro atoms. The molecule has 1 atom stereocenters. The number of hydrogen-bond acceptors (Lipinski definition) is 9. The molecular weight excluding hydrogens is 490 g/mol. The summed E-state index contributed by atoms with van der Waals surface area (Å²) in [7, 11) is 3.13. The maximum Gasteiger partial charge on any atom is 0.246 e. The van der Waals surface area contributed by atoms with E-state index in [0.717, 1.165) is 65.0 Å². The van der Waals surface area contributed by atoms with Gasteiger partial charge < -0.3 is 24.4 Å². The molecule has 2 fully saturated rings. The molecule has 0 bridgehead atoms. The van der Waals surface area contributed by atoms with Gasteiger partial charge in [-0.1, -0.05) is 12.8 Å². The molecule has 38 heavy (non-hydrogen) atoms. The van der Waals surface area contributed by atoms with Crippen LogP contribution in [0.4, 0.5) is 0 Å². The first-order valence-electron chi connectivity index (χ1n) is 13.4. The number of carbonyl (C=O) groups excluding carboxylic acids is 2. The molecule has 1 aromatic heterocycles. The number of aromatic nitrogens is 4. The number of hydrogen-bond donors (Lipinski definition) is 1. The normalized spacial score (nSPS) is 17.2. The largest absolute Gasteiger partial charge is 0.493 e. The molecule has 2 heterocycles. The molecule has 208 valence electrons. The van der Waals surface area contributed by atoms with Gasteiger partial charge in [0.2, 0.25) is 17.6 Å².